The van der Waals surface area contributed by atoms with Crippen molar-refractivity contribution in [2.75, 3.05) is 13.7 Å². The van der Waals surface area contributed by atoms with Crippen LogP contribution in [0.3, 0.4) is 0 Å². The molecular weight excluding hydrogens is 230 g/mol. The Morgan fingerprint density at radius 3 is 2.11 bits per heavy atom. The van der Waals surface area contributed by atoms with E-state index in [0.29, 0.717) is 25.9 Å². The highest BCUT2D eigenvalue weighted by Crippen LogP contribution is 2.24. The topological polar surface area (TPSA) is 55.4 Å². The molecular formula is C14H27NO3. The highest BCUT2D eigenvalue weighted by molar-refractivity contribution is 5.81. The van der Waals surface area contributed by atoms with Gasteiger partial charge in [-0.05, 0) is 33.6 Å². The Balaban J connectivity index is 4.04. The van der Waals surface area contributed by atoms with Crippen LogP contribution in [0, 0.1) is 5.41 Å². The predicted molar refractivity (Wildman–Crippen MR) is 72.4 cm³/mol. The molecule has 0 aromatic carbocycles. The van der Waals surface area contributed by atoms with Crippen molar-refractivity contribution in [1.29, 1.82) is 0 Å². The molecule has 0 aliphatic carbocycles. The molecule has 1 N–H and O–H groups in total. The molecule has 4 nitrogen and oxygen atoms in total. The molecule has 0 saturated heterocycles. The number of rotatable bonds is 8. The van der Waals surface area contributed by atoms with Crippen molar-refractivity contribution in [3.8, 4) is 0 Å². The van der Waals surface area contributed by atoms with Crippen LogP contribution in [0.25, 0.3) is 0 Å². The summed E-state index contributed by atoms with van der Waals surface area (Å²) in [6, 6.07) is 0. The van der Waals surface area contributed by atoms with Gasteiger partial charge in [-0.3, -0.25) is 9.59 Å². The summed E-state index contributed by atoms with van der Waals surface area (Å²) in [6.45, 7) is 9.93. The maximum Gasteiger partial charge on any atom is 0.219 e. The van der Waals surface area contributed by atoms with E-state index in [2.05, 4.69) is 5.32 Å². The summed E-state index contributed by atoms with van der Waals surface area (Å²) in [6.07, 6.45) is 1.83. The number of ether oxygens (including phenoxy) is 1. The Morgan fingerprint density at radius 2 is 1.67 bits per heavy atom. The molecule has 0 aliphatic heterocycles. The van der Waals surface area contributed by atoms with Gasteiger partial charge in [-0.25, -0.2) is 0 Å². The number of Topliss-reactive ketones (excluding diaryl/α,β-unsaturated/α-hetero) is 1. The highest BCUT2D eigenvalue weighted by Gasteiger charge is 2.25. The molecule has 0 aromatic rings. The molecule has 0 aromatic heterocycles. The summed E-state index contributed by atoms with van der Waals surface area (Å²) in [5.74, 6) is 0.199. The molecule has 18 heavy (non-hydrogen) atoms. The summed E-state index contributed by atoms with van der Waals surface area (Å²) in [5, 5.41) is 2.59. The van der Waals surface area contributed by atoms with Crippen LogP contribution < -0.4 is 5.32 Å². The Kier molecular flexibility index (Phi) is 6.54. The van der Waals surface area contributed by atoms with Crippen molar-refractivity contribution in [2.45, 2.75) is 59.5 Å². The van der Waals surface area contributed by atoms with Crippen molar-refractivity contribution in [1.82, 2.24) is 5.32 Å². The Morgan fingerprint density at radius 1 is 1.11 bits per heavy atom. The number of amides is 1. The van der Waals surface area contributed by atoms with Gasteiger partial charge in [0.05, 0.1) is 5.60 Å². The molecule has 1 amide bonds. The molecule has 0 aliphatic rings. The fourth-order valence-electron chi connectivity index (χ4n) is 1.37. The minimum Gasteiger partial charge on any atom is -0.376 e. The Bertz CT molecular complexity index is 295. The first-order chi connectivity index (χ1) is 8.10. The number of hydrogen-bond donors (Lipinski definition) is 1. The number of nitrogens with one attached hydrogen (secondary N) is 1. The van der Waals surface area contributed by atoms with Gasteiger partial charge in [0.1, 0.15) is 5.78 Å². The van der Waals surface area contributed by atoms with E-state index in [1.54, 1.807) is 14.0 Å². The first-order valence-corrected chi connectivity index (χ1v) is 6.46. The van der Waals surface area contributed by atoms with Crippen LogP contribution in [0.5, 0.6) is 0 Å². The monoisotopic (exact) mass is 257 g/mol. The van der Waals surface area contributed by atoms with Gasteiger partial charge in [-0.1, -0.05) is 13.8 Å². The van der Waals surface area contributed by atoms with Gasteiger partial charge in [-0.2, -0.15) is 0 Å². The third kappa shape index (κ3) is 6.74. The lowest BCUT2D eigenvalue weighted by Crippen LogP contribution is -2.31. The van der Waals surface area contributed by atoms with Gasteiger partial charge in [0, 0.05) is 25.5 Å². The van der Waals surface area contributed by atoms with Gasteiger partial charge in [0.25, 0.3) is 0 Å². The quantitative estimate of drug-likeness (QED) is 0.726. The number of carbonyl (C=O) groups excluding carboxylic acids is 2. The maximum absolute atomic E-state index is 11.4. The highest BCUT2D eigenvalue weighted by atomic mass is 16.5. The van der Waals surface area contributed by atoms with E-state index >= 15 is 0 Å². The molecule has 4 heteroatoms. The second-order valence-electron chi connectivity index (χ2n) is 5.97. The molecule has 0 spiro atoms. The lowest BCUT2D eigenvalue weighted by atomic mass is 9.86. The van der Waals surface area contributed by atoms with E-state index < -0.39 is 0 Å². The van der Waals surface area contributed by atoms with Crippen molar-refractivity contribution in [2.24, 2.45) is 5.41 Å². The first kappa shape index (κ1) is 17.1. The third-order valence-electron chi connectivity index (χ3n) is 3.41. The van der Waals surface area contributed by atoms with Crippen molar-refractivity contribution in [3.63, 3.8) is 0 Å². The van der Waals surface area contributed by atoms with Crippen LogP contribution in [0.15, 0.2) is 0 Å². The average Bonchev–Trinajstić information content (AvgIpc) is 2.25. The zero-order valence-corrected chi connectivity index (χ0v) is 12.6. The van der Waals surface area contributed by atoms with E-state index in [4.69, 9.17) is 4.74 Å². The minimum absolute atomic E-state index is 0.0238. The standard InChI is InChI=1S/C14H27NO3/c1-11(16)13(2,3)9-10-18-14(4,5)8-7-12(17)15-6/h7-10H2,1-6H3,(H,15,17). The fourth-order valence-corrected chi connectivity index (χ4v) is 1.37. The lowest BCUT2D eigenvalue weighted by Gasteiger charge is -2.28. The summed E-state index contributed by atoms with van der Waals surface area (Å²) in [7, 11) is 1.63. The van der Waals surface area contributed by atoms with E-state index in [0.717, 1.165) is 0 Å². The predicted octanol–water partition coefficient (Wildman–Crippen LogP) is 2.31. The van der Waals surface area contributed by atoms with Gasteiger partial charge in [0.2, 0.25) is 5.91 Å². The van der Waals surface area contributed by atoms with Crippen LogP contribution in [0.2, 0.25) is 0 Å². The van der Waals surface area contributed by atoms with Crippen LogP contribution in [0.1, 0.15) is 53.9 Å². The van der Waals surface area contributed by atoms with Crippen LogP contribution >= 0.6 is 0 Å². The van der Waals surface area contributed by atoms with Gasteiger partial charge < -0.3 is 10.1 Å². The SMILES string of the molecule is CNC(=O)CCC(C)(C)OCCC(C)(C)C(C)=O. The van der Waals surface area contributed by atoms with Crippen molar-refractivity contribution >= 4 is 11.7 Å². The van der Waals surface area contributed by atoms with Crippen molar-refractivity contribution in [3.05, 3.63) is 0 Å². The molecule has 0 heterocycles. The minimum atomic E-state index is -0.336. The zero-order chi connectivity index (χ0) is 14.4. The largest absolute Gasteiger partial charge is 0.376 e. The molecule has 0 rings (SSSR count). The normalized spacial score (nSPS) is 12.3. The molecule has 0 radical (unpaired) electrons. The van der Waals surface area contributed by atoms with E-state index in [-0.39, 0.29) is 22.7 Å². The lowest BCUT2D eigenvalue weighted by molar-refractivity contribution is -0.127. The van der Waals surface area contributed by atoms with E-state index in [1.165, 1.54) is 0 Å². The van der Waals surface area contributed by atoms with Crippen LogP contribution in [-0.4, -0.2) is 30.9 Å². The van der Waals surface area contributed by atoms with Crippen LogP contribution in [0.4, 0.5) is 0 Å². The van der Waals surface area contributed by atoms with E-state index in [1.807, 2.05) is 27.7 Å². The average molecular weight is 257 g/mol. The molecule has 0 fully saturated rings. The maximum atomic E-state index is 11.4. The third-order valence-corrected chi connectivity index (χ3v) is 3.41. The summed E-state index contributed by atoms with van der Waals surface area (Å²) in [4.78, 5) is 22.5. The summed E-state index contributed by atoms with van der Waals surface area (Å²) in [5.41, 5.74) is -0.670. The first-order valence-electron chi connectivity index (χ1n) is 6.46. The molecule has 0 unspecified atom stereocenters. The Labute approximate surface area is 110 Å². The second-order valence-corrected chi connectivity index (χ2v) is 5.97. The Hall–Kier alpha value is -0.900. The number of carbonyl (C=O) groups is 2. The summed E-state index contributed by atoms with van der Waals surface area (Å²) < 4.78 is 5.78. The van der Waals surface area contributed by atoms with Gasteiger partial charge in [0.15, 0.2) is 0 Å². The van der Waals surface area contributed by atoms with Gasteiger partial charge >= 0.3 is 0 Å². The van der Waals surface area contributed by atoms with E-state index in [9.17, 15) is 9.59 Å². The number of hydrogen-bond acceptors (Lipinski definition) is 3. The molecule has 0 saturated carbocycles. The summed E-state index contributed by atoms with van der Waals surface area (Å²) >= 11 is 0. The molecule has 106 valence electrons. The zero-order valence-electron chi connectivity index (χ0n) is 12.6. The van der Waals surface area contributed by atoms with Crippen molar-refractivity contribution < 1.29 is 14.3 Å². The smallest absolute Gasteiger partial charge is 0.219 e. The van der Waals surface area contributed by atoms with Gasteiger partial charge in [-0.15, -0.1) is 0 Å². The fraction of sp³-hybridized carbons (Fsp3) is 0.857. The van der Waals surface area contributed by atoms with Crippen LogP contribution in [-0.2, 0) is 14.3 Å². The molecule has 0 atom stereocenters. The number of ketones is 1. The second kappa shape index (κ2) is 6.88. The molecule has 0 bridgehead atoms.